The van der Waals surface area contributed by atoms with Crippen LogP contribution in [0.4, 0.5) is 5.69 Å². The minimum absolute atomic E-state index is 0.0269. The van der Waals surface area contributed by atoms with Crippen LogP contribution in [0.3, 0.4) is 0 Å². The first-order valence-electron chi connectivity index (χ1n) is 10.6. The standard InChI is InChI=1S/C23H23N3O5/c27-20(14-4-5-14)24-18-6-7-19-17-8-13(11-26(19)22(18)29)10-25(12-17)21(28)15-2-1-3-16(9-15)23(30)31/h1-3,6-7,9,13-14,17H,4-5,8,10-12H2,(H,24,27)(H,30,31). The molecular weight excluding hydrogens is 398 g/mol. The molecule has 2 aromatic rings. The summed E-state index contributed by atoms with van der Waals surface area (Å²) in [5, 5.41) is 12.0. The summed E-state index contributed by atoms with van der Waals surface area (Å²) in [6.45, 7) is 1.48. The third-order valence-electron chi connectivity index (χ3n) is 6.45. The summed E-state index contributed by atoms with van der Waals surface area (Å²) in [4.78, 5) is 51.1. The summed E-state index contributed by atoms with van der Waals surface area (Å²) < 4.78 is 1.74. The number of pyridine rings is 1. The van der Waals surface area contributed by atoms with Crippen LogP contribution < -0.4 is 10.9 Å². The van der Waals surface area contributed by atoms with Crippen molar-refractivity contribution < 1.29 is 19.5 Å². The van der Waals surface area contributed by atoms with Gasteiger partial charge in [-0.2, -0.15) is 0 Å². The van der Waals surface area contributed by atoms with E-state index in [0.29, 0.717) is 30.9 Å². The number of piperidine rings is 1. The number of aromatic carboxylic acids is 1. The third-order valence-corrected chi connectivity index (χ3v) is 6.45. The molecule has 3 heterocycles. The second kappa shape index (κ2) is 7.37. The summed E-state index contributed by atoms with van der Waals surface area (Å²) in [6, 6.07) is 9.63. The highest BCUT2D eigenvalue weighted by molar-refractivity contribution is 5.97. The first kappa shape index (κ1) is 19.5. The highest BCUT2D eigenvalue weighted by atomic mass is 16.4. The van der Waals surface area contributed by atoms with Crippen molar-refractivity contribution in [3.8, 4) is 0 Å². The molecule has 5 rings (SSSR count). The van der Waals surface area contributed by atoms with E-state index in [1.165, 1.54) is 12.1 Å². The van der Waals surface area contributed by atoms with Crippen LogP contribution in [0.5, 0.6) is 0 Å². The van der Waals surface area contributed by atoms with Crippen LogP contribution in [0.2, 0.25) is 0 Å². The highest BCUT2D eigenvalue weighted by Crippen LogP contribution is 2.36. The van der Waals surface area contributed by atoms with Crippen LogP contribution in [-0.2, 0) is 11.3 Å². The van der Waals surface area contributed by atoms with Gasteiger partial charge in [-0.05, 0) is 55.5 Å². The molecule has 1 saturated heterocycles. The number of anilines is 1. The van der Waals surface area contributed by atoms with Gasteiger partial charge in [-0.1, -0.05) is 6.07 Å². The second-order valence-electron chi connectivity index (χ2n) is 8.75. The van der Waals surface area contributed by atoms with Gasteiger partial charge >= 0.3 is 5.97 Å². The predicted molar refractivity (Wildman–Crippen MR) is 112 cm³/mol. The number of hydrogen-bond donors (Lipinski definition) is 2. The Labute approximate surface area is 178 Å². The Morgan fingerprint density at radius 3 is 2.52 bits per heavy atom. The normalized spacial score (nSPS) is 21.9. The van der Waals surface area contributed by atoms with Crippen LogP contribution in [-0.4, -0.2) is 45.4 Å². The zero-order valence-corrected chi connectivity index (χ0v) is 16.9. The Balaban J connectivity index is 1.38. The van der Waals surface area contributed by atoms with Crippen molar-refractivity contribution in [1.29, 1.82) is 0 Å². The fourth-order valence-electron chi connectivity index (χ4n) is 4.75. The number of benzene rings is 1. The van der Waals surface area contributed by atoms with E-state index in [2.05, 4.69) is 5.32 Å². The van der Waals surface area contributed by atoms with E-state index in [1.54, 1.807) is 27.7 Å². The summed E-state index contributed by atoms with van der Waals surface area (Å²) in [5.41, 5.74) is 1.45. The van der Waals surface area contributed by atoms with Gasteiger partial charge in [-0.15, -0.1) is 0 Å². The molecule has 0 spiro atoms. The van der Waals surface area contributed by atoms with Crippen molar-refractivity contribution in [2.45, 2.75) is 31.7 Å². The highest BCUT2D eigenvalue weighted by Gasteiger charge is 2.37. The Morgan fingerprint density at radius 2 is 1.77 bits per heavy atom. The smallest absolute Gasteiger partial charge is 0.335 e. The molecule has 2 fully saturated rings. The van der Waals surface area contributed by atoms with Gasteiger partial charge in [0.05, 0.1) is 5.56 Å². The molecule has 1 aromatic carbocycles. The molecule has 2 N–H and O–H groups in total. The minimum Gasteiger partial charge on any atom is -0.478 e. The van der Waals surface area contributed by atoms with Gasteiger partial charge in [0, 0.05) is 42.7 Å². The quantitative estimate of drug-likeness (QED) is 0.786. The number of amides is 2. The SMILES string of the molecule is O=C(O)c1cccc(C(=O)N2CC3CC(C2)c2ccc(NC(=O)C4CC4)c(=O)n2C3)c1. The van der Waals surface area contributed by atoms with Crippen molar-refractivity contribution in [1.82, 2.24) is 9.47 Å². The molecule has 2 aliphatic heterocycles. The molecule has 2 unspecified atom stereocenters. The monoisotopic (exact) mass is 421 g/mol. The largest absolute Gasteiger partial charge is 0.478 e. The van der Waals surface area contributed by atoms with Crippen molar-refractivity contribution in [3.63, 3.8) is 0 Å². The molecule has 3 aliphatic rings. The molecule has 8 nitrogen and oxygen atoms in total. The summed E-state index contributed by atoms with van der Waals surface area (Å²) >= 11 is 0. The van der Waals surface area contributed by atoms with E-state index >= 15 is 0 Å². The van der Waals surface area contributed by atoms with Crippen molar-refractivity contribution in [2.24, 2.45) is 11.8 Å². The number of hydrogen-bond acceptors (Lipinski definition) is 4. The number of carboxylic acid groups (broad SMARTS) is 1. The second-order valence-corrected chi connectivity index (χ2v) is 8.75. The first-order valence-corrected chi connectivity index (χ1v) is 10.6. The van der Waals surface area contributed by atoms with E-state index in [1.807, 2.05) is 6.07 Å². The Hall–Kier alpha value is -3.42. The molecule has 1 aromatic heterocycles. The predicted octanol–water partition coefficient (Wildman–Crippen LogP) is 2.15. The lowest BCUT2D eigenvalue weighted by atomic mass is 9.83. The summed E-state index contributed by atoms with van der Waals surface area (Å²) in [6.07, 6.45) is 2.65. The Morgan fingerprint density at radius 1 is 1.00 bits per heavy atom. The van der Waals surface area contributed by atoms with E-state index in [4.69, 9.17) is 0 Å². The van der Waals surface area contributed by atoms with E-state index in [9.17, 15) is 24.3 Å². The summed E-state index contributed by atoms with van der Waals surface area (Å²) in [7, 11) is 0. The molecule has 31 heavy (non-hydrogen) atoms. The van der Waals surface area contributed by atoms with E-state index in [-0.39, 0.29) is 40.7 Å². The Kier molecular flexibility index (Phi) is 4.64. The molecule has 2 atom stereocenters. The minimum atomic E-state index is -1.07. The van der Waals surface area contributed by atoms with E-state index in [0.717, 1.165) is 25.0 Å². The number of carbonyl (C=O) groups is 3. The molecule has 2 amide bonds. The van der Waals surface area contributed by atoms with Crippen LogP contribution in [0.1, 0.15) is 51.6 Å². The lowest BCUT2D eigenvalue weighted by Gasteiger charge is -2.43. The van der Waals surface area contributed by atoms with Crippen molar-refractivity contribution in [2.75, 3.05) is 18.4 Å². The van der Waals surface area contributed by atoms with Crippen LogP contribution in [0.15, 0.2) is 41.2 Å². The van der Waals surface area contributed by atoms with Crippen LogP contribution in [0, 0.1) is 11.8 Å². The maximum Gasteiger partial charge on any atom is 0.335 e. The number of carboxylic acids is 1. The molecule has 1 aliphatic carbocycles. The molecular formula is C23H23N3O5. The fourth-order valence-corrected chi connectivity index (χ4v) is 4.75. The average molecular weight is 421 g/mol. The van der Waals surface area contributed by atoms with Gasteiger partial charge in [0.25, 0.3) is 11.5 Å². The van der Waals surface area contributed by atoms with Crippen molar-refractivity contribution in [3.05, 3.63) is 63.6 Å². The number of rotatable bonds is 4. The van der Waals surface area contributed by atoms with Gasteiger partial charge in [0.2, 0.25) is 5.91 Å². The number of likely N-dealkylation sites (tertiary alicyclic amines) is 1. The first-order chi connectivity index (χ1) is 14.9. The molecule has 2 bridgehead atoms. The maximum atomic E-state index is 13.0. The zero-order valence-electron chi connectivity index (χ0n) is 16.9. The van der Waals surface area contributed by atoms with E-state index < -0.39 is 5.97 Å². The molecule has 0 radical (unpaired) electrons. The number of nitrogens with zero attached hydrogens (tertiary/aromatic N) is 2. The van der Waals surface area contributed by atoms with Gasteiger partial charge in [0.1, 0.15) is 5.69 Å². The molecule has 8 heteroatoms. The lowest BCUT2D eigenvalue weighted by molar-refractivity contribution is -0.117. The maximum absolute atomic E-state index is 13.0. The van der Waals surface area contributed by atoms with Gasteiger partial charge in [-0.3, -0.25) is 14.4 Å². The topological polar surface area (TPSA) is 109 Å². The van der Waals surface area contributed by atoms with Crippen molar-refractivity contribution >= 4 is 23.5 Å². The Bertz CT molecular complexity index is 1150. The number of aromatic nitrogens is 1. The average Bonchev–Trinajstić information content (AvgIpc) is 3.61. The zero-order chi connectivity index (χ0) is 21.7. The lowest BCUT2D eigenvalue weighted by Crippen LogP contribution is -2.49. The third kappa shape index (κ3) is 3.62. The number of nitrogens with one attached hydrogen (secondary N) is 1. The number of carbonyl (C=O) groups excluding carboxylic acids is 2. The van der Waals surface area contributed by atoms with Gasteiger partial charge in [-0.25, -0.2) is 4.79 Å². The van der Waals surface area contributed by atoms with Crippen LogP contribution >= 0.6 is 0 Å². The van der Waals surface area contributed by atoms with Gasteiger partial charge in [0.15, 0.2) is 0 Å². The fraction of sp³-hybridized carbons (Fsp3) is 0.391. The van der Waals surface area contributed by atoms with Gasteiger partial charge < -0.3 is 19.9 Å². The molecule has 1 saturated carbocycles. The van der Waals surface area contributed by atoms with Crippen LogP contribution in [0.25, 0.3) is 0 Å². The number of fused-ring (bicyclic) bond motifs is 4. The molecule has 160 valence electrons. The summed E-state index contributed by atoms with van der Waals surface area (Å²) in [5.74, 6) is -1.16.